The Kier molecular flexibility index (Phi) is 5.30. The highest BCUT2D eigenvalue weighted by atomic mass is 16.1. The first-order chi connectivity index (χ1) is 12.1. The lowest BCUT2D eigenvalue weighted by atomic mass is 10.2. The number of carbonyl (C=O) groups is 1. The van der Waals surface area contributed by atoms with E-state index < -0.39 is 5.91 Å². The maximum atomic E-state index is 10.9. The van der Waals surface area contributed by atoms with Crippen molar-refractivity contribution in [2.75, 3.05) is 43.4 Å². The Morgan fingerprint density at radius 2 is 1.88 bits per heavy atom. The van der Waals surface area contributed by atoms with E-state index in [1.165, 1.54) is 11.8 Å². The van der Waals surface area contributed by atoms with Crippen molar-refractivity contribution in [1.29, 1.82) is 0 Å². The van der Waals surface area contributed by atoms with Crippen LogP contribution in [0.5, 0.6) is 0 Å². The van der Waals surface area contributed by atoms with Gasteiger partial charge in [-0.1, -0.05) is 0 Å². The molecule has 130 valence electrons. The zero-order chi connectivity index (χ0) is 17.6. The number of hydrogen-bond acceptors (Lipinski definition) is 5. The average Bonchev–Trinajstić information content (AvgIpc) is 2.62. The molecule has 0 saturated carbocycles. The van der Waals surface area contributed by atoms with Crippen molar-refractivity contribution in [2.24, 2.45) is 5.73 Å². The fourth-order valence-electron chi connectivity index (χ4n) is 2.80. The Morgan fingerprint density at radius 3 is 2.56 bits per heavy atom. The summed E-state index contributed by atoms with van der Waals surface area (Å²) in [4.78, 5) is 19.8. The van der Waals surface area contributed by atoms with Crippen LogP contribution in [-0.4, -0.2) is 49.0 Å². The van der Waals surface area contributed by atoms with Crippen LogP contribution in [0.1, 0.15) is 5.56 Å². The van der Waals surface area contributed by atoms with Crippen molar-refractivity contribution in [3.05, 3.63) is 54.4 Å². The van der Waals surface area contributed by atoms with Crippen LogP contribution in [0, 0.1) is 0 Å². The molecule has 3 rings (SSSR count). The molecule has 0 atom stereocenters. The maximum absolute atomic E-state index is 10.9. The minimum absolute atomic E-state index is 0.473. The summed E-state index contributed by atoms with van der Waals surface area (Å²) >= 11 is 0. The number of primary amides is 1. The van der Waals surface area contributed by atoms with Crippen LogP contribution < -0.4 is 16.0 Å². The Balaban J connectivity index is 1.71. The van der Waals surface area contributed by atoms with Crippen molar-refractivity contribution < 1.29 is 4.79 Å². The van der Waals surface area contributed by atoms with Gasteiger partial charge >= 0.3 is 0 Å². The highest BCUT2D eigenvalue weighted by Gasteiger charge is 2.14. The number of amides is 1. The van der Waals surface area contributed by atoms with Crippen molar-refractivity contribution in [1.82, 2.24) is 9.88 Å². The number of pyridine rings is 1. The van der Waals surface area contributed by atoms with Gasteiger partial charge in [-0.2, -0.15) is 0 Å². The van der Waals surface area contributed by atoms with Gasteiger partial charge in [0, 0.05) is 55.4 Å². The normalized spacial score (nSPS) is 15.5. The topological polar surface area (TPSA) is 74.5 Å². The number of rotatable bonds is 5. The van der Waals surface area contributed by atoms with Gasteiger partial charge in [0.15, 0.2) is 0 Å². The summed E-state index contributed by atoms with van der Waals surface area (Å²) in [7, 11) is 2.16. The van der Waals surface area contributed by atoms with E-state index in [1.807, 2.05) is 6.07 Å². The lowest BCUT2D eigenvalue weighted by Crippen LogP contribution is -2.44. The third-order valence-corrected chi connectivity index (χ3v) is 4.30. The van der Waals surface area contributed by atoms with Gasteiger partial charge < -0.3 is 20.9 Å². The third-order valence-electron chi connectivity index (χ3n) is 4.30. The van der Waals surface area contributed by atoms with Crippen LogP contribution in [0.4, 0.5) is 17.1 Å². The SMILES string of the molecule is CN1CCN(c2ccc(Nc3cnccc3/C=C/C(N)=O)cc2)CC1. The standard InChI is InChI=1S/C19H23N5O/c1-23-10-12-24(13-11-23)17-5-3-16(4-6-17)22-18-14-21-9-8-15(18)2-7-19(20)25/h2-9,14,22H,10-13H2,1H3,(H2,20,25)/b7-2+. The molecule has 3 N–H and O–H groups in total. The van der Waals surface area contributed by atoms with E-state index in [4.69, 9.17) is 5.73 Å². The zero-order valence-corrected chi connectivity index (χ0v) is 14.4. The molecule has 6 heteroatoms. The molecule has 2 heterocycles. The van der Waals surface area contributed by atoms with E-state index in [1.54, 1.807) is 18.5 Å². The number of nitrogens with zero attached hydrogens (tertiary/aromatic N) is 3. The van der Waals surface area contributed by atoms with E-state index in [0.29, 0.717) is 0 Å². The van der Waals surface area contributed by atoms with Crippen molar-refractivity contribution in [3.63, 3.8) is 0 Å². The molecule has 1 amide bonds. The molecule has 1 fully saturated rings. The Hall–Kier alpha value is -2.86. The summed E-state index contributed by atoms with van der Waals surface area (Å²) in [5.74, 6) is -0.473. The number of aromatic nitrogens is 1. The van der Waals surface area contributed by atoms with Gasteiger partial charge in [0.1, 0.15) is 0 Å². The predicted molar refractivity (Wildman–Crippen MR) is 102 cm³/mol. The lowest BCUT2D eigenvalue weighted by molar-refractivity contribution is -0.113. The molecule has 0 spiro atoms. The molecule has 0 unspecified atom stereocenters. The summed E-state index contributed by atoms with van der Waals surface area (Å²) in [6.45, 7) is 4.28. The molecule has 1 aliphatic rings. The van der Waals surface area contributed by atoms with E-state index in [-0.39, 0.29) is 0 Å². The fraction of sp³-hybridized carbons (Fsp3) is 0.263. The lowest BCUT2D eigenvalue weighted by Gasteiger charge is -2.34. The first kappa shape index (κ1) is 17.0. The second-order valence-corrected chi connectivity index (χ2v) is 6.16. The monoisotopic (exact) mass is 337 g/mol. The molecular formula is C19H23N5O. The van der Waals surface area contributed by atoms with E-state index in [2.05, 4.69) is 51.4 Å². The molecule has 25 heavy (non-hydrogen) atoms. The molecule has 1 saturated heterocycles. The smallest absolute Gasteiger partial charge is 0.241 e. The predicted octanol–water partition coefficient (Wildman–Crippen LogP) is 2.08. The van der Waals surface area contributed by atoms with Crippen LogP contribution in [0.25, 0.3) is 6.08 Å². The Morgan fingerprint density at radius 1 is 1.16 bits per heavy atom. The van der Waals surface area contributed by atoms with Crippen LogP contribution in [0.3, 0.4) is 0 Å². The molecular weight excluding hydrogens is 314 g/mol. The minimum atomic E-state index is -0.473. The molecule has 1 aromatic heterocycles. The highest BCUT2D eigenvalue weighted by Crippen LogP contribution is 2.24. The summed E-state index contributed by atoms with van der Waals surface area (Å²) in [6, 6.07) is 10.2. The first-order valence-corrected chi connectivity index (χ1v) is 8.34. The highest BCUT2D eigenvalue weighted by molar-refractivity contribution is 5.91. The molecule has 0 radical (unpaired) electrons. The number of piperazine rings is 1. The molecule has 1 aromatic carbocycles. The van der Waals surface area contributed by atoms with Gasteiger partial charge in [0.05, 0.1) is 11.9 Å². The van der Waals surface area contributed by atoms with Crippen molar-refractivity contribution in [2.45, 2.75) is 0 Å². The maximum Gasteiger partial charge on any atom is 0.241 e. The molecule has 0 aliphatic carbocycles. The van der Waals surface area contributed by atoms with Crippen LogP contribution >= 0.6 is 0 Å². The number of hydrogen-bond donors (Lipinski definition) is 2. The van der Waals surface area contributed by atoms with Gasteiger partial charge in [-0.05, 0) is 43.5 Å². The number of nitrogens with one attached hydrogen (secondary N) is 1. The minimum Gasteiger partial charge on any atom is -0.369 e. The number of carbonyl (C=O) groups excluding carboxylic acids is 1. The largest absolute Gasteiger partial charge is 0.369 e. The summed E-state index contributed by atoms with van der Waals surface area (Å²) < 4.78 is 0. The third kappa shape index (κ3) is 4.58. The van der Waals surface area contributed by atoms with Crippen LogP contribution in [0.15, 0.2) is 48.8 Å². The van der Waals surface area contributed by atoms with E-state index in [0.717, 1.165) is 43.1 Å². The van der Waals surface area contributed by atoms with E-state index in [9.17, 15) is 4.79 Å². The quantitative estimate of drug-likeness (QED) is 0.817. The number of benzene rings is 1. The van der Waals surface area contributed by atoms with Gasteiger partial charge in [0.2, 0.25) is 5.91 Å². The van der Waals surface area contributed by atoms with Gasteiger partial charge in [-0.25, -0.2) is 0 Å². The Bertz CT molecular complexity index is 749. The van der Waals surface area contributed by atoms with Crippen molar-refractivity contribution >= 4 is 29.0 Å². The fourth-order valence-corrected chi connectivity index (χ4v) is 2.80. The van der Waals surface area contributed by atoms with Gasteiger partial charge in [0.25, 0.3) is 0 Å². The Labute approximate surface area is 148 Å². The summed E-state index contributed by atoms with van der Waals surface area (Å²) in [6.07, 6.45) is 6.44. The average molecular weight is 337 g/mol. The second kappa shape index (κ2) is 7.81. The summed E-state index contributed by atoms with van der Waals surface area (Å²) in [5, 5.41) is 3.34. The van der Waals surface area contributed by atoms with Crippen LogP contribution in [-0.2, 0) is 4.79 Å². The summed E-state index contributed by atoms with van der Waals surface area (Å²) in [5.41, 5.74) is 9.06. The zero-order valence-electron chi connectivity index (χ0n) is 14.4. The van der Waals surface area contributed by atoms with Gasteiger partial charge in [-0.15, -0.1) is 0 Å². The van der Waals surface area contributed by atoms with Crippen LogP contribution in [0.2, 0.25) is 0 Å². The number of likely N-dealkylation sites (N-methyl/N-ethyl adjacent to an activating group) is 1. The van der Waals surface area contributed by atoms with Gasteiger partial charge in [-0.3, -0.25) is 9.78 Å². The number of nitrogens with two attached hydrogens (primary N) is 1. The number of anilines is 3. The van der Waals surface area contributed by atoms with E-state index >= 15 is 0 Å². The molecule has 0 bridgehead atoms. The second-order valence-electron chi connectivity index (χ2n) is 6.16. The molecule has 6 nitrogen and oxygen atoms in total. The van der Waals surface area contributed by atoms with Crippen molar-refractivity contribution in [3.8, 4) is 0 Å². The molecule has 1 aliphatic heterocycles. The molecule has 2 aromatic rings. The first-order valence-electron chi connectivity index (χ1n) is 8.34.